The molecule has 0 aliphatic carbocycles. The number of benzene rings is 1. The summed E-state index contributed by atoms with van der Waals surface area (Å²) in [5.41, 5.74) is 1.14. The minimum atomic E-state index is -0.430. The van der Waals surface area contributed by atoms with Crippen molar-refractivity contribution in [1.82, 2.24) is 15.3 Å². The van der Waals surface area contributed by atoms with Crippen LogP contribution in [0.5, 0.6) is 5.75 Å². The van der Waals surface area contributed by atoms with Crippen LogP contribution in [0.1, 0.15) is 35.9 Å². The first-order chi connectivity index (χ1) is 12.5. The maximum atomic E-state index is 12.8. The van der Waals surface area contributed by atoms with Gasteiger partial charge in [-0.1, -0.05) is 19.9 Å². The molecule has 0 fully saturated rings. The molecule has 2 heterocycles. The first-order valence-electron chi connectivity index (χ1n) is 8.42. The number of H-pyrrole nitrogens is 1. The number of methoxy groups -OCH3 is 1. The number of ether oxygens (including phenoxy) is 1. The second-order valence-corrected chi connectivity index (χ2v) is 6.39. The van der Waals surface area contributed by atoms with Crippen molar-refractivity contribution in [3.8, 4) is 5.75 Å². The van der Waals surface area contributed by atoms with Gasteiger partial charge in [0.15, 0.2) is 0 Å². The lowest BCUT2D eigenvalue weighted by Crippen LogP contribution is -2.35. The molecule has 1 aromatic carbocycles. The third-order valence-electron chi connectivity index (χ3n) is 4.29. The van der Waals surface area contributed by atoms with Crippen LogP contribution >= 0.6 is 0 Å². The summed E-state index contributed by atoms with van der Waals surface area (Å²) in [7, 11) is 1.53. The number of carbonyl (C=O) groups excluding carboxylic acids is 1. The Morgan fingerprint density at radius 1 is 1.23 bits per heavy atom. The molecule has 0 aliphatic rings. The summed E-state index contributed by atoms with van der Waals surface area (Å²) in [5.74, 6) is 0.253. The Morgan fingerprint density at radius 3 is 2.69 bits per heavy atom. The summed E-state index contributed by atoms with van der Waals surface area (Å²) in [6.07, 6.45) is 3.13. The molecule has 1 amide bonds. The predicted molar refractivity (Wildman–Crippen MR) is 100 cm³/mol. The Morgan fingerprint density at radius 2 is 2.04 bits per heavy atom. The van der Waals surface area contributed by atoms with Crippen LogP contribution < -0.4 is 15.5 Å². The van der Waals surface area contributed by atoms with Gasteiger partial charge in [0, 0.05) is 23.3 Å². The Kier molecular flexibility index (Phi) is 5.02. The summed E-state index contributed by atoms with van der Waals surface area (Å²) in [6.45, 7) is 3.99. The zero-order valence-corrected chi connectivity index (χ0v) is 14.9. The Labute approximate surface area is 151 Å². The van der Waals surface area contributed by atoms with E-state index in [1.165, 1.54) is 13.3 Å². The van der Waals surface area contributed by atoms with E-state index in [0.29, 0.717) is 16.7 Å². The number of hydrogen-bond donors (Lipinski definition) is 2. The number of nitrogens with zero attached hydrogens (tertiary/aromatic N) is 1. The largest absolute Gasteiger partial charge is 0.497 e. The summed E-state index contributed by atoms with van der Waals surface area (Å²) in [4.78, 5) is 32.9. The smallest absolute Gasteiger partial charge is 0.257 e. The fourth-order valence-corrected chi connectivity index (χ4v) is 2.85. The van der Waals surface area contributed by atoms with E-state index in [1.807, 2.05) is 32.0 Å². The van der Waals surface area contributed by atoms with Crippen molar-refractivity contribution < 1.29 is 9.53 Å². The highest BCUT2D eigenvalue weighted by molar-refractivity contribution is 5.97. The summed E-state index contributed by atoms with van der Waals surface area (Å²) in [5, 5.41) is 3.34. The molecule has 0 aliphatic heterocycles. The monoisotopic (exact) mass is 351 g/mol. The highest BCUT2D eigenvalue weighted by Gasteiger charge is 2.22. The lowest BCUT2D eigenvalue weighted by molar-refractivity contribution is 0.0923. The van der Waals surface area contributed by atoms with E-state index in [-0.39, 0.29) is 23.0 Å². The molecule has 0 bridgehead atoms. The van der Waals surface area contributed by atoms with Crippen LogP contribution in [0.25, 0.3) is 10.9 Å². The van der Waals surface area contributed by atoms with Crippen LogP contribution in [0, 0.1) is 5.92 Å². The van der Waals surface area contributed by atoms with Gasteiger partial charge < -0.3 is 15.0 Å². The van der Waals surface area contributed by atoms with Gasteiger partial charge in [-0.15, -0.1) is 0 Å². The molecule has 0 saturated carbocycles. The predicted octanol–water partition coefficient (Wildman–Crippen LogP) is 3.06. The van der Waals surface area contributed by atoms with Crippen molar-refractivity contribution in [2.45, 2.75) is 19.9 Å². The van der Waals surface area contributed by atoms with Gasteiger partial charge in [-0.3, -0.25) is 14.6 Å². The van der Waals surface area contributed by atoms with Crippen LogP contribution in [-0.4, -0.2) is 23.0 Å². The SMILES string of the molecule is COc1ccc2[nH]cc(C(=O)N[C@H](c3ccccn3)C(C)C)c(=O)c2c1. The highest BCUT2D eigenvalue weighted by Crippen LogP contribution is 2.20. The Hall–Kier alpha value is -3.15. The normalized spacial score (nSPS) is 12.2. The topological polar surface area (TPSA) is 84.1 Å². The molecule has 2 aromatic heterocycles. The van der Waals surface area contributed by atoms with Gasteiger partial charge in [-0.2, -0.15) is 0 Å². The number of nitrogens with one attached hydrogen (secondary N) is 2. The van der Waals surface area contributed by atoms with Crippen LogP contribution in [0.4, 0.5) is 0 Å². The molecule has 0 unspecified atom stereocenters. The number of hydrogen-bond acceptors (Lipinski definition) is 4. The van der Waals surface area contributed by atoms with Crippen LogP contribution in [-0.2, 0) is 0 Å². The number of carbonyl (C=O) groups is 1. The Balaban J connectivity index is 1.96. The number of aromatic nitrogens is 2. The van der Waals surface area contributed by atoms with E-state index in [1.54, 1.807) is 24.4 Å². The molecule has 3 rings (SSSR count). The molecule has 134 valence electrons. The van der Waals surface area contributed by atoms with Crippen LogP contribution in [0.3, 0.4) is 0 Å². The average molecular weight is 351 g/mol. The zero-order valence-electron chi connectivity index (χ0n) is 14.9. The fraction of sp³-hybridized carbons (Fsp3) is 0.250. The van der Waals surface area contributed by atoms with E-state index in [9.17, 15) is 9.59 Å². The number of rotatable bonds is 5. The first-order valence-corrected chi connectivity index (χ1v) is 8.42. The number of amides is 1. The highest BCUT2D eigenvalue weighted by atomic mass is 16.5. The second kappa shape index (κ2) is 7.39. The fourth-order valence-electron chi connectivity index (χ4n) is 2.85. The van der Waals surface area contributed by atoms with Gasteiger partial charge in [0.2, 0.25) is 5.43 Å². The molecule has 1 atom stereocenters. The number of fused-ring (bicyclic) bond motifs is 1. The zero-order chi connectivity index (χ0) is 18.7. The molecule has 0 radical (unpaired) electrons. The molecular weight excluding hydrogens is 330 g/mol. The summed E-state index contributed by atoms with van der Waals surface area (Å²) < 4.78 is 5.17. The lowest BCUT2D eigenvalue weighted by Gasteiger charge is -2.21. The third-order valence-corrected chi connectivity index (χ3v) is 4.29. The average Bonchev–Trinajstić information content (AvgIpc) is 2.66. The molecular formula is C20H21N3O3. The van der Waals surface area contributed by atoms with Gasteiger partial charge in [-0.25, -0.2) is 0 Å². The molecule has 6 heteroatoms. The summed E-state index contributed by atoms with van der Waals surface area (Å²) in [6, 6.07) is 10.4. The second-order valence-electron chi connectivity index (χ2n) is 6.39. The van der Waals surface area contributed by atoms with Crippen LogP contribution in [0.2, 0.25) is 0 Å². The first kappa shape index (κ1) is 17.7. The number of pyridine rings is 2. The molecule has 6 nitrogen and oxygen atoms in total. The molecule has 2 N–H and O–H groups in total. The molecule has 26 heavy (non-hydrogen) atoms. The Bertz CT molecular complexity index is 981. The molecule has 0 spiro atoms. The molecule has 3 aromatic rings. The maximum Gasteiger partial charge on any atom is 0.257 e. The summed E-state index contributed by atoms with van der Waals surface area (Å²) >= 11 is 0. The third kappa shape index (κ3) is 3.44. The van der Waals surface area contributed by atoms with Crippen molar-refractivity contribution in [1.29, 1.82) is 0 Å². The minimum Gasteiger partial charge on any atom is -0.497 e. The van der Waals surface area contributed by atoms with Gasteiger partial charge in [0.1, 0.15) is 11.3 Å². The van der Waals surface area contributed by atoms with E-state index in [4.69, 9.17) is 4.74 Å². The van der Waals surface area contributed by atoms with E-state index < -0.39 is 5.91 Å². The van der Waals surface area contributed by atoms with Crippen molar-refractivity contribution in [2.24, 2.45) is 5.92 Å². The molecule has 0 saturated heterocycles. The maximum absolute atomic E-state index is 12.8. The minimum absolute atomic E-state index is 0.0623. The van der Waals surface area contributed by atoms with Crippen LogP contribution in [0.15, 0.2) is 53.6 Å². The van der Waals surface area contributed by atoms with E-state index >= 15 is 0 Å². The van der Waals surface area contributed by atoms with Gasteiger partial charge in [0.05, 0.1) is 18.8 Å². The van der Waals surface area contributed by atoms with Crippen molar-refractivity contribution in [3.63, 3.8) is 0 Å². The van der Waals surface area contributed by atoms with Gasteiger partial charge in [-0.05, 0) is 36.2 Å². The standard InChI is InChI=1S/C20H21N3O3/c1-12(2)18(17-6-4-5-9-21-17)23-20(25)15-11-22-16-8-7-13(26-3)10-14(16)19(15)24/h4-12,18H,1-3H3,(H,22,24)(H,23,25)/t18-/m0/s1. The van der Waals surface area contributed by atoms with E-state index in [0.717, 1.165) is 5.69 Å². The quantitative estimate of drug-likeness (QED) is 0.740. The van der Waals surface area contributed by atoms with Crippen molar-refractivity contribution in [3.05, 3.63) is 70.3 Å². The van der Waals surface area contributed by atoms with Crippen molar-refractivity contribution >= 4 is 16.8 Å². The van der Waals surface area contributed by atoms with Gasteiger partial charge in [0.25, 0.3) is 5.91 Å². The van der Waals surface area contributed by atoms with Gasteiger partial charge >= 0.3 is 0 Å². The van der Waals surface area contributed by atoms with E-state index in [2.05, 4.69) is 15.3 Å². The number of aromatic amines is 1. The van der Waals surface area contributed by atoms with Crippen molar-refractivity contribution in [2.75, 3.05) is 7.11 Å². The lowest BCUT2D eigenvalue weighted by atomic mass is 9.99.